The molecule has 1 aromatic heterocycles. The molecule has 0 saturated carbocycles. The Balaban J connectivity index is 2.40. The van der Waals surface area contributed by atoms with Gasteiger partial charge in [0.05, 0.1) is 16.9 Å². The zero-order valence-electron chi connectivity index (χ0n) is 9.11. The van der Waals surface area contributed by atoms with E-state index in [-0.39, 0.29) is 5.75 Å². The largest absolute Gasteiger partial charge is 0.494 e. The maximum Gasteiger partial charge on any atom is 0.170 e. The second kappa shape index (κ2) is 5.16. The Labute approximate surface area is 111 Å². The molecule has 5 heteroatoms. The zero-order valence-corrected chi connectivity index (χ0v) is 11.5. The van der Waals surface area contributed by atoms with Gasteiger partial charge < -0.3 is 10.5 Å². The predicted octanol–water partition coefficient (Wildman–Crippen LogP) is 3.71. The molecule has 17 heavy (non-hydrogen) atoms. The van der Waals surface area contributed by atoms with Gasteiger partial charge in [-0.1, -0.05) is 12.1 Å². The van der Waals surface area contributed by atoms with Crippen LogP contribution in [0, 0.1) is 5.82 Å². The van der Waals surface area contributed by atoms with E-state index in [1.165, 1.54) is 18.4 Å². The molecule has 1 aromatic carbocycles. The van der Waals surface area contributed by atoms with E-state index in [0.717, 1.165) is 8.66 Å². The van der Waals surface area contributed by atoms with Crippen molar-refractivity contribution in [3.63, 3.8) is 0 Å². The molecule has 2 N–H and O–H groups in total. The molecule has 0 aliphatic rings. The van der Waals surface area contributed by atoms with Crippen LogP contribution in [0.5, 0.6) is 5.75 Å². The molecule has 0 aliphatic heterocycles. The third-order valence-electron chi connectivity index (χ3n) is 2.45. The fourth-order valence-electron chi connectivity index (χ4n) is 1.57. The quantitative estimate of drug-likeness (QED) is 0.937. The van der Waals surface area contributed by atoms with Crippen molar-refractivity contribution in [2.75, 3.05) is 7.11 Å². The van der Waals surface area contributed by atoms with Crippen LogP contribution in [0.1, 0.15) is 16.5 Å². The van der Waals surface area contributed by atoms with Crippen LogP contribution < -0.4 is 10.5 Å². The van der Waals surface area contributed by atoms with Crippen molar-refractivity contribution < 1.29 is 9.13 Å². The summed E-state index contributed by atoms with van der Waals surface area (Å²) in [7, 11) is 1.44. The lowest BCUT2D eigenvalue weighted by atomic mass is 10.1. The highest BCUT2D eigenvalue weighted by Gasteiger charge is 2.17. The number of thiophene rings is 1. The van der Waals surface area contributed by atoms with E-state index in [9.17, 15) is 4.39 Å². The number of hydrogen-bond donors (Lipinski definition) is 1. The molecule has 0 radical (unpaired) electrons. The molecule has 1 unspecified atom stereocenters. The Morgan fingerprint density at radius 2 is 2.12 bits per heavy atom. The van der Waals surface area contributed by atoms with E-state index in [0.29, 0.717) is 5.56 Å². The molecular formula is C12H11BrFNOS. The second-order valence-corrected chi connectivity index (χ2v) is 5.98. The van der Waals surface area contributed by atoms with Gasteiger partial charge in [-0.25, -0.2) is 4.39 Å². The summed E-state index contributed by atoms with van der Waals surface area (Å²) in [4.78, 5) is 0.907. The van der Waals surface area contributed by atoms with Gasteiger partial charge >= 0.3 is 0 Å². The second-order valence-electron chi connectivity index (χ2n) is 3.48. The number of methoxy groups -OCH3 is 1. The van der Waals surface area contributed by atoms with Gasteiger partial charge in [-0.05, 0) is 34.1 Å². The summed E-state index contributed by atoms with van der Waals surface area (Å²) < 4.78 is 19.9. The highest BCUT2D eigenvalue weighted by Crippen LogP contribution is 2.32. The third kappa shape index (κ3) is 2.51. The number of nitrogens with two attached hydrogens (primary N) is 1. The molecule has 90 valence electrons. The molecule has 2 rings (SSSR count). The Hall–Kier alpha value is -0.910. The van der Waals surface area contributed by atoms with Gasteiger partial charge in [-0.15, -0.1) is 11.3 Å². The van der Waals surface area contributed by atoms with Crippen molar-refractivity contribution in [2.45, 2.75) is 6.04 Å². The lowest BCUT2D eigenvalue weighted by molar-refractivity contribution is 0.383. The molecule has 0 bridgehead atoms. The normalized spacial score (nSPS) is 12.5. The number of halogens is 2. The molecule has 0 fully saturated rings. The summed E-state index contributed by atoms with van der Waals surface area (Å²) >= 11 is 4.86. The average molecular weight is 316 g/mol. The van der Waals surface area contributed by atoms with Crippen LogP contribution in [0.2, 0.25) is 0 Å². The van der Waals surface area contributed by atoms with Crippen molar-refractivity contribution in [1.29, 1.82) is 0 Å². The minimum absolute atomic E-state index is 0.216. The molecule has 0 amide bonds. The molecule has 1 atom stereocenters. The fourth-order valence-corrected chi connectivity index (χ4v) is 3.02. The average Bonchev–Trinajstić information content (AvgIpc) is 2.75. The van der Waals surface area contributed by atoms with Crippen molar-refractivity contribution in [2.24, 2.45) is 5.73 Å². The Morgan fingerprint density at radius 1 is 1.35 bits per heavy atom. The van der Waals surface area contributed by atoms with Crippen LogP contribution >= 0.6 is 27.3 Å². The monoisotopic (exact) mass is 315 g/mol. The first-order valence-electron chi connectivity index (χ1n) is 4.96. The fraction of sp³-hybridized carbons (Fsp3) is 0.167. The molecule has 1 heterocycles. The van der Waals surface area contributed by atoms with Crippen molar-refractivity contribution in [3.05, 3.63) is 50.4 Å². The number of hydrogen-bond acceptors (Lipinski definition) is 3. The topological polar surface area (TPSA) is 35.2 Å². The van der Waals surface area contributed by atoms with Crippen molar-refractivity contribution >= 4 is 27.3 Å². The summed E-state index contributed by atoms with van der Waals surface area (Å²) in [5.74, 6) is -0.180. The highest BCUT2D eigenvalue weighted by molar-refractivity contribution is 9.11. The van der Waals surface area contributed by atoms with Gasteiger partial charge in [0, 0.05) is 10.4 Å². The highest BCUT2D eigenvalue weighted by atomic mass is 79.9. The summed E-state index contributed by atoms with van der Waals surface area (Å²) in [6.07, 6.45) is 0. The van der Waals surface area contributed by atoms with Crippen molar-refractivity contribution in [1.82, 2.24) is 0 Å². The summed E-state index contributed by atoms with van der Waals surface area (Å²) in [5.41, 5.74) is 6.49. The lowest BCUT2D eigenvalue weighted by Crippen LogP contribution is -2.12. The van der Waals surface area contributed by atoms with Gasteiger partial charge in [-0.2, -0.15) is 0 Å². The first kappa shape index (κ1) is 12.5. The van der Waals surface area contributed by atoms with Crippen LogP contribution in [-0.2, 0) is 0 Å². The van der Waals surface area contributed by atoms with E-state index in [2.05, 4.69) is 15.9 Å². The SMILES string of the molecule is COc1cccc(C(N)c2ccc(Br)s2)c1F. The van der Waals surface area contributed by atoms with Crippen LogP contribution in [0.3, 0.4) is 0 Å². The lowest BCUT2D eigenvalue weighted by Gasteiger charge is -2.13. The zero-order chi connectivity index (χ0) is 12.4. The maximum atomic E-state index is 14.0. The van der Waals surface area contributed by atoms with Crippen LogP contribution in [-0.4, -0.2) is 7.11 Å². The third-order valence-corrected chi connectivity index (χ3v) is 4.16. The summed E-state index contributed by atoms with van der Waals surface area (Å²) in [5, 5.41) is 0. The number of rotatable bonds is 3. The smallest absolute Gasteiger partial charge is 0.170 e. The van der Waals surface area contributed by atoms with Gasteiger partial charge in [-0.3, -0.25) is 0 Å². The van der Waals surface area contributed by atoms with Gasteiger partial charge in [0.25, 0.3) is 0 Å². The Morgan fingerprint density at radius 3 is 2.71 bits per heavy atom. The van der Waals surface area contributed by atoms with Crippen molar-refractivity contribution in [3.8, 4) is 5.75 Å². The Kier molecular flexibility index (Phi) is 3.81. The Bertz CT molecular complexity index is 529. The first-order valence-corrected chi connectivity index (χ1v) is 6.57. The molecule has 0 saturated heterocycles. The van der Waals surface area contributed by atoms with E-state index in [1.54, 1.807) is 18.2 Å². The van der Waals surface area contributed by atoms with Crippen LogP contribution in [0.25, 0.3) is 0 Å². The minimum Gasteiger partial charge on any atom is -0.494 e. The molecule has 2 aromatic rings. The number of benzene rings is 1. The van der Waals surface area contributed by atoms with E-state index >= 15 is 0 Å². The molecule has 2 nitrogen and oxygen atoms in total. The molecule has 0 aliphatic carbocycles. The van der Waals surface area contributed by atoms with Gasteiger partial charge in [0.2, 0.25) is 0 Å². The molecular weight excluding hydrogens is 305 g/mol. The van der Waals surface area contributed by atoms with Gasteiger partial charge in [0.15, 0.2) is 11.6 Å². The van der Waals surface area contributed by atoms with Crippen LogP contribution in [0.4, 0.5) is 4.39 Å². The van der Waals surface area contributed by atoms with Crippen LogP contribution in [0.15, 0.2) is 34.1 Å². The first-order chi connectivity index (χ1) is 8.13. The van der Waals surface area contributed by atoms with Gasteiger partial charge in [0.1, 0.15) is 0 Å². The summed E-state index contributed by atoms with van der Waals surface area (Å²) in [6, 6.07) is 8.31. The van der Waals surface area contributed by atoms with E-state index < -0.39 is 11.9 Å². The van der Waals surface area contributed by atoms with E-state index in [1.807, 2.05) is 12.1 Å². The maximum absolute atomic E-state index is 14.0. The summed E-state index contributed by atoms with van der Waals surface area (Å²) in [6.45, 7) is 0. The number of ether oxygens (including phenoxy) is 1. The predicted molar refractivity (Wildman–Crippen MR) is 71.0 cm³/mol. The molecule has 0 spiro atoms. The standard InChI is InChI=1S/C12H11BrFNOS/c1-16-8-4-2-3-7(11(8)14)12(15)9-5-6-10(13)17-9/h2-6,12H,15H2,1H3. The minimum atomic E-state index is -0.471. The van der Waals surface area contributed by atoms with E-state index in [4.69, 9.17) is 10.5 Å².